The molecule has 0 unspecified atom stereocenters. The second-order valence-electron chi connectivity index (χ2n) is 9.33. The van der Waals surface area contributed by atoms with Gasteiger partial charge in [0.2, 0.25) is 0 Å². The summed E-state index contributed by atoms with van der Waals surface area (Å²) < 4.78 is 12.4. The third-order valence-corrected chi connectivity index (χ3v) is 8.58. The number of amides is 1. The van der Waals surface area contributed by atoms with Crippen LogP contribution < -0.4 is 5.32 Å². The highest BCUT2D eigenvalue weighted by molar-refractivity contribution is 8.01. The summed E-state index contributed by atoms with van der Waals surface area (Å²) in [4.78, 5) is 29.5. The molecule has 8 heteroatoms. The van der Waals surface area contributed by atoms with E-state index < -0.39 is 4.75 Å². The molecule has 1 N–H and O–H groups in total. The number of thioether (sulfide) groups is 1. The Morgan fingerprint density at radius 1 is 1.06 bits per heavy atom. The number of fused-ring (bicyclic) bond motifs is 1. The Balaban J connectivity index is 1.35. The fourth-order valence-electron chi connectivity index (χ4n) is 4.85. The summed E-state index contributed by atoms with van der Waals surface area (Å²) in [6.45, 7) is 7.35. The third kappa shape index (κ3) is 5.16. The fourth-order valence-corrected chi connectivity index (χ4v) is 6.29. The van der Waals surface area contributed by atoms with Crippen LogP contribution in [0.25, 0.3) is 10.9 Å². The molecule has 3 aromatic rings. The predicted molar refractivity (Wildman–Crippen MR) is 143 cm³/mol. The zero-order valence-corrected chi connectivity index (χ0v) is 21.5. The largest absolute Gasteiger partial charge is 0.465 e. The molecule has 1 aliphatic carbocycles. The maximum atomic E-state index is 13.5. The first-order valence-electron chi connectivity index (χ1n) is 12.7. The first-order valence-corrected chi connectivity index (χ1v) is 13.6. The summed E-state index contributed by atoms with van der Waals surface area (Å²) in [5, 5.41) is 4.06. The first-order chi connectivity index (χ1) is 17.6. The van der Waals surface area contributed by atoms with Gasteiger partial charge in [-0.1, -0.05) is 30.3 Å². The highest BCUT2D eigenvalue weighted by Crippen LogP contribution is 2.50. The van der Waals surface area contributed by atoms with Crippen LogP contribution in [-0.4, -0.2) is 65.5 Å². The minimum absolute atomic E-state index is 0.150. The number of para-hydroxylation sites is 2. The highest BCUT2D eigenvalue weighted by Gasteiger charge is 2.47. The molecule has 1 saturated carbocycles. The topological polar surface area (TPSA) is 72.8 Å². The Hall–Kier alpha value is -2.81. The van der Waals surface area contributed by atoms with Crippen molar-refractivity contribution < 1.29 is 19.1 Å². The number of hydrogen-bond acceptors (Lipinski definition) is 6. The molecule has 5 rings (SSSR count). The minimum atomic E-state index is -0.563. The molecular weight excluding hydrogens is 474 g/mol. The van der Waals surface area contributed by atoms with E-state index in [0.29, 0.717) is 17.9 Å². The maximum Gasteiger partial charge on any atom is 0.322 e. The second kappa shape index (κ2) is 11.1. The summed E-state index contributed by atoms with van der Waals surface area (Å²) >= 11 is 1.51. The van der Waals surface area contributed by atoms with Crippen LogP contribution in [0.1, 0.15) is 36.5 Å². The van der Waals surface area contributed by atoms with Gasteiger partial charge < -0.3 is 19.4 Å². The van der Waals surface area contributed by atoms with Crippen molar-refractivity contribution in [3.05, 3.63) is 60.3 Å². The van der Waals surface area contributed by atoms with E-state index in [4.69, 9.17) is 9.47 Å². The zero-order chi connectivity index (χ0) is 25.0. The lowest BCUT2D eigenvalue weighted by molar-refractivity contribution is -0.148. The van der Waals surface area contributed by atoms with Gasteiger partial charge in [-0.15, -0.1) is 11.8 Å². The van der Waals surface area contributed by atoms with Crippen molar-refractivity contribution in [3.63, 3.8) is 0 Å². The minimum Gasteiger partial charge on any atom is -0.465 e. The number of benzene rings is 2. The van der Waals surface area contributed by atoms with Crippen molar-refractivity contribution in [2.75, 3.05) is 44.8 Å². The van der Waals surface area contributed by atoms with E-state index in [-0.39, 0.29) is 11.9 Å². The molecule has 0 atom stereocenters. The van der Waals surface area contributed by atoms with Crippen LogP contribution in [-0.2, 0) is 20.8 Å². The quantitative estimate of drug-likeness (QED) is 0.420. The molecule has 2 fully saturated rings. The summed E-state index contributed by atoms with van der Waals surface area (Å²) in [5.74, 6) is -0.311. The van der Waals surface area contributed by atoms with Gasteiger partial charge in [0.1, 0.15) is 4.75 Å². The van der Waals surface area contributed by atoms with Crippen molar-refractivity contribution in [3.8, 4) is 0 Å². The van der Waals surface area contributed by atoms with E-state index in [9.17, 15) is 9.59 Å². The van der Waals surface area contributed by atoms with Crippen molar-refractivity contribution >= 4 is 40.2 Å². The number of nitrogens with one attached hydrogen (secondary N) is 1. The van der Waals surface area contributed by atoms with E-state index in [0.717, 1.165) is 74.5 Å². The number of aromatic nitrogens is 1. The Morgan fingerprint density at radius 3 is 2.56 bits per heavy atom. The zero-order valence-electron chi connectivity index (χ0n) is 20.7. The normalized spacial score (nSPS) is 17.5. The van der Waals surface area contributed by atoms with Crippen LogP contribution in [0.5, 0.6) is 0 Å². The van der Waals surface area contributed by atoms with E-state index in [2.05, 4.69) is 20.9 Å². The van der Waals surface area contributed by atoms with Gasteiger partial charge in [-0.25, -0.2) is 0 Å². The number of nitrogens with zero attached hydrogens (tertiary/aromatic N) is 2. The van der Waals surface area contributed by atoms with E-state index in [1.165, 1.54) is 11.8 Å². The van der Waals surface area contributed by atoms with Crippen molar-refractivity contribution in [1.29, 1.82) is 0 Å². The molecule has 1 aromatic heterocycles. The Bertz CT molecular complexity index is 1230. The maximum absolute atomic E-state index is 13.5. The standard InChI is InChI=1S/C28H33N3O4S/c1-2-35-27(33)28(12-7-13-28)36-25-11-6-4-9-23(25)29-26(32)22-20-31(24-10-5-3-8-21(22)24)15-14-30-16-18-34-19-17-30/h3-6,8-11,20H,2,7,12-19H2,1H3,(H,29,32). The summed E-state index contributed by atoms with van der Waals surface area (Å²) in [6.07, 6.45) is 4.54. The number of morpholine rings is 1. The Morgan fingerprint density at radius 2 is 1.81 bits per heavy atom. The van der Waals surface area contributed by atoms with Crippen molar-refractivity contribution in [2.45, 2.75) is 42.4 Å². The van der Waals surface area contributed by atoms with Crippen molar-refractivity contribution in [1.82, 2.24) is 9.47 Å². The van der Waals surface area contributed by atoms with Gasteiger partial charge in [0.05, 0.1) is 31.1 Å². The molecular formula is C28H33N3O4S. The molecule has 0 bridgehead atoms. The fraction of sp³-hybridized carbons (Fsp3) is 0.429. The van der Waals surface area contributed by atoms with Gasteiger partial charge >= 0.3 is 5.97 Å². The molecule has 2 heterocycles. The average molecular weight is 508 g/mol. The van der Waals surface area contributed by atoms with Crippen LogP contribution in [0, 0.1) is 0 Å². The Kier molecular flexibility index (Phi) is 7.65. The number of esters is 1. The summed E-state index contributed by atoms with van der Waals surface area (Å²) in [6, 6.07) is 15.7. The van der Waals surface area contributed by atoms with Gasteiger partial charge in [-0.05, 0) is 44.4 Å². The number of hydrogen-bond donors (Lipinski definition) is 1. The van der Waals surface area contributed by atoms with Crippen LogP contribution in [0.2, 0.25) is 0 Å². The van der Waals surface area contributed by atoms with Gasteiger partial charge in [0.15, 0.2) is 0 Å². The molecule has 1 saturated heterocycles. The number of ether oxygens (including phenoxy) is 2. The van der Waals surface area contributed by atoms with E-state index in [1.54, 1.807) is 0 Å². The SMILES string of the molecule is CCOC(=O)C1(Sc2ccccc2NC(=O)c2cn(CCN3CCOCC3)c3ccccc23)CCC1. The molecule has 7 nitrogen and oxygen atoms in total. The first kappa shape index (κ1) is 24.9. The van der Waals surface area contributed by atoms with E-state index >= 15 is 0 Å². The lowest BCUT2D eigenvalue weighted by Crippen LogP contribution is -2.43. The molecule has 1 amide bonds. The molecule has 2 aliphatic rings. The van der Waals surface area contributed by atoms with Gasteiger partial charge in [0, 0.05) is 48.2 Å². The number of anilines is 1. The molecule has 36 heavy (non-hydrogen) atoms. The lowest BCUT2D eigenvalue weighted by atomic mass is 9.84. The monoisotopic (exact) mass is 507 g/mol. The van der Waals surface area contributed by atoms with Gasteiger partial charge in [-0.3, -0.25) is 14.5 Å². The summed E-state index contributed by atoms with van der Waals surface area (Å²) in [5.41, 5.74) is 2.42. The molecule has 190 valence electrons. The third-order valence-electron chi connectivity index (χ3n) is 7.04. The van der Waals surface area contributed by atoms with Crippen LogP contribution >= 0.6 is 11.8 Å². The second-order valence-corrected chi connectivity index (χ2v) is 10.8. The van der Waals surface area contributed by atoms with Crippen LogP contribution in [0.3, 0.4) is 0 Å². The average Bonchev–Trinajstić information content (AvgIpc) is 3.25. The molecule has 0 spiro atoms. The van der Waals surface area contributed by atoms with Gasteiger partial charge in [-0.2, -0.15) is 0 Å². The predicted octanol–water partition coefficient (Wildman–Crippen LogP) is 4.80. The summed E-state index contributed by atoms with van der Waals surface area (Å²) in [7, 11) is 0. The Labute approximate surface area is 216 Å². The highest BCUT2D eigenvalue weighted by atomic mass is 32.2. The molecule has 1 aliphatic heterocycles. The van der Waals surface area contributed by atoms with Crippen molar-refractivity contribution in [2.24, 2.45) is 0 Å². The number of rotatable bonds is 9. The number of carbonyl (C=O) groups excluding carboxylic acids is 2. The number of carbonyl (C=O) groups is 2. The lowest BCUT2D eigenvalue weighted by Gasteiger charge is -2.38. The van der Waals surface area contributed by atoms with Crippen LogP contribution in [0.15, 0.2) is 59.6 Å². The van der Waals surface area contributed by atoms with E-state index in [1.807, 2.05) is 55.6 Å². The smallest absolute Gasteiger partial charge is 0.322 e. The molecule has 0 radical (unpaired) electrons. The molecule has 2 aromatic carbocycles. The van der Waals surface area contributed by atoms with Crippen LogP contribution in [0.4, 0.5) is 5.69 Å². The van der Waals surface area contributed by atoms with Gasteiger partial charge in [0.25, 0.3) is 5.91 Å².